The maximum atomic E-state index is 13.4. The maximum absolute atomic E-state index is 13.4. The number of fused-ring (bicyclic) bond motifs is 2. The number of amides is 2. The number of carbonyl (C=O) groups is 2. The van der Waals surface area contributed by atoms with Gasteiger partial charge in [0.05, 0.1) is 16.2 Å². The van der Waals surface area contributed by atoms with Crippen LogP contribution in [0.5, 0.6) is 0 Å². The lowest BCUT2D eigenvalue weighted by Gasteiger charge is -2.24. The molecule has 1 aromatic carbocycles. The summed E-state index contributed by atoms with van der Waals surface area (Å²) in [5.74, 6) is -0.0756. The summed E-state index contributed by atoms with van der Waals surface area (Å²) in [6.45, 7) is 4.24. The first kappa shape index (κ1) is 23.9. The zero-order valence-corrected chi connectivity index (χ0v) is 21.5. The van der Waals surface area contributed by atoms with Crippen molar-refractivity contribution >= 4 is 33.3 Å². The number of nitrogens with two attached hydrogens (primary N) is 1. The molecule has 0 bridgehead atoms. The van der Waals surface area contributed by atoms with Crippen LogP contribution in [0.4, 0.5) is 5.82 Å². The van der Waals surface area contributed by atoms with E-state index in [1.165, 1.54) is 10.6 Å². The molecule has 3 heterocycles. The summed E-state index contributed by atoms with van der Waals surface area (Å²) < 4.78 is 30.4. The Labute approximate surface area is 214 Å². The summed E-state index contributed by atoms with van der Waals surface area (Å²) in [6.07, 6.45) is 5.64. The minimum atomic E-state index is -3.95. The Hall–Kier alpha value is -3.51. The minimum absolute atomic E-state index is 0.0369. The van der Waals surface area contributed by atoms with Crippen molar-refractivity contribution in [3.05, 3.63) is 41.1 Å². The molecule has 3 aromatic rings. The number of carbonyl (C=O) groups excluding carboxylic acids is 2. The molecule has 4 N–H and O–H groups in total. The Morgan fingerprint density at radius 2 is 2.00 bits per heavy atom. The summed E-state index contributed by atoms with van der Waals surface area (Å²) in [5.41, 5.74) is 8.37. The van der Waals surface area contributed by atoms with Crippen molar-refractivity contribution < 1.29 is 18.0 Å². The lowest BCUT2D eigenvalue weighted by molar-refractivity contribution is 0.0694. The van der Waals surface area contributed by atoms with E-state index in [4.69, 9.17) is 5.73 Å². The van der Waals surface area contributed by atoms with Gasteiger partial charge in [-0.2, -0.15) is 0 Å². The molecule has 1 aliphatic heterocycles. The third-order valence-electron chi connectivity index (χ3n) is 7.37. The number of nitrogen functional groups attached to an aromatic ring is 1. The summed E-state index contributed by atoms with van der Waals surface area (Å²) in [7, 11) is -3.95. The third kappa shape index (κ3) is 4.13. The number of nitrogens with one attached hydrogen (secondary N) is 2. The molecule has 2 aliphatic carbocycles. The Bertz CT molecular complexity index is 1560. The zero-order valence-electron chi connectivity index (χ0n) is 20.7. The zero-order chi connectivity index (χ0) is 26.1. The Morgan fingerprint density at radius 1 is 1.24 bits per heavy atom. The summed E-state index contributed by atoms with van der Waals surface area (Å²) in [5, 5.41) is 7.13. The van der Waals surface area contributed by atoms with E-state index in [0.29, 0.717) is 29.3 Å². The lowest BCUT2D eigenvalue weighted by Crippen LogP contribution is -2.35. The van der Waals surface area contributed by atoms with E-state index in [2.05, 4.69) is 20.1 Å². The van der Waals surface area contributed by atoms with Crippen LogP contribution in [0.15, 0.2) is 29.3 Å². The monoisotopic (exact) mass is 523 g/mol. The highest BCUT2D eigenvalue weighted by molar-refractivity contribution is 7.89. The van der Waals surface area contributed by atoms with Crippen molar-refractivity contribution in [2.75, 3.05) is 12.3 Å². The second-order valence-electron chi connectivity index (χ2n) is 10.1. The molecule has 1 atom stereocenters. The van der Waals surface area contributed by atoms with Gasteiger partial charge in [0.25, 0.3) is 11.8 Å². The highest BCUT2D eigenvalue weighted by atomic mass is 32.2. The quantitative estimate of drug-likeness (QED) is 0.408. The summed E-state index contributed by atoms with van der Waals surface area (Å²) >= 11 is 0. The molecular formula is C25H29N7O4S. The fraction of sp³-hybridized carbons (Fsp3) is 0.440. The van der Waals surface area contributed by atoms with Crippen LogP contribution < -0.4 is 15.8 Å². The molecule has 37 heavy (non-hydrogen) atoms. The first-order chi connectivity index (χ1) is 17.7. The van der Waals surface area contributed by atoms with Gasteiger partial charge >= 0.3 is 0 Å². The van der Waals surface area contributed by atoms with E-state index >= 15 is 0 Å². The number of hydrogen-bond donors (Lipinski definition) is 3. The fourth-order valence-corrected chi connectivity index (χ4v) is 6.34. The van der Waals surface area contributed by atoms with E-state index in [0.717, 1.165) is 25.7 Å². The number of nitrogens with zero attached hydrogens (tertiary/aromatic N) is 4. The van der Waals surface area contributed by atoms with Gasteiger partial charge < -0.3 is 16.0 Å². The van der Waals surface area contributed by atoms with E-state index in [-0.39, 0.29) is 57.9 Å². The van der Waals surface area contributed by atoms with E-state index in [1.54, 1.807) is 24.1 Å². The summed E-state index contributed by atoms with van der Waals surface area (Å²) in [4.78, 5) is 32.6. The van der Waals surface area contributed by atoms with Gasteiger partial charge in [-0.1, -0.05) is 6.92 Å². The molecule has 2 amide bonds. The van der Waals surface area contributed by atoms with Gasteiger partial charge in [-0.15, -0.1) is 5.10 Å². The van der Waals surface area contributed by atoms with Gasteiger partial charge in [0.2, 0.25) is 10.0 Å². The molecular weight excluding hydrogens is 494 g/mol. The van der Waals surface area contributed by atoms with Crippen molar-refractivity contribution in [3.8, 4) is 11.3 Å². The molecule has 0 spiro atoms. The topological polar surface area (TPSA) is 152 Å². The van der Waals surface area contributed by atoms with Crippen molar-refractivity contribution in [2.24, 2.45) is 5.92 Å². The molecule has 11 nitrogen and oxygen atoms in total. The van der Waals surface area contributed by atoms with E-state index < -0.39 is 10.0 Å². The molecule has 12 heteroatoms. The van der Waals surface area contributed by atoms with Crippen LogP contribution in [0.25, 0.3) is 16.9 Å². The standard InChI is InChI=1S/C25H29N7O4S/c1-3-27-37(35,36)19-11-15(10-16-12-31(25(34)20(16)19)13(2)14-4-5-14)18-8-9-32-23(29-18)21(22(26)30-32)24(33)28-17-6-7-17/h8-11,13-14,17,27H,3-7,12H2,1-2H3,(H2,26,30)(H,28,33)/t13-/m0/s1. The van der Waals surface area contributed by atoms with Crippen molar-refractivity contribution in [2.45, 2.75) is 63.1 Å². The average Bonchev–Trinajstić information content (AvgIpc) is 3.78. The average molecular weight is 524 g/mol. The van der Waals surface area contributed by atoms with Gasteiger partial charge in [0, 0.05) is 36.9 Å². The highest BCUT2D eigenvalue weighted by Crippen LogP contribution is 2.40. The van der Waals surface area contributed by atoms with Gasteiger partial charge in [0.1, 0.15) is 5.56 Å². The third-order valence-corrected chi connectivity index (χ3v) is 8.94. The van der Waals surface area contributed by atoms with Gasteiger partial charge in [-0.05, 0) is 62.3 Å². The molecule has 6 rings (SSSR count). The minimum Gasteiger partial charge on any atom is -0.381 e. The van der Waals surface area contributed by atoms with Crippen LogP contribution >= 0.6 is 0 Å². The fourth-order valence-electron chi connectivity index (χ4n) is 5.04. The summed E-state index contributed by atoms with van der Waals surface area (Å²) in [6, 6.07) is 5.17. The SMILES string of the molecule is CCNS(=O)(=O)c1cc(-c2ccn3nc(N)c(C(=O)NC4CC4)c3n2)cc2c1C(=O)N([C@@H](C)C1CC1)C2. The van der Waals surface area contributed by atoms with Crippen LogP contribution in [-0.2, 0) is 16.6 Å². The Kier molecular flexibility index (Phi) is 5.50. The Balaban J connectivity index is 1.47. The number of aromatic nitrogens is 3. The van der Waals surface area contributed by atoms with E-state index in [9.17, 15) is 18.0 Å². The van der Waals surface area contributed by atoms with E-state index in [1.807, 2.05) is 13.0 Å². The van der Waals surface area contributed by atoms with Crippen molar-refractivity contribution in [1.29, 1.82) is 0 Å². The second-order valence-corrected chi connectivity index (χ2v) is 11.8. The van der Waals surface area contributed by atoms with Crippen molar-refractivity contribution in [3.63, 3.8) is 0 Å². The number of benzene rings is 1. The molecule has 3 aliphatic rings. The smallest absolute Gasteiger partial charge is 0.259 e. The Morgan fingerprint density at radius 3 is 2.68 bits per heavy atom. The highest BCUT2D eigenvalue weighted by Gasteiger charge is 2.41. The number of rotatable bonds is 8. The number of anilines is 1. The number of hydrogen-bond acceptors (Lipinski definition) is 7. The lowest BCUT2D eigenvalue weighted by atomic mass is 10.0. The molecule has 0 radical (unpaired) electrons. The van der Waals surface area contributed by atoms with Crippen LogP contribution in [0.2, 0.25) is 0 Å². The molecule has 2 fully saturated rings. The van der Waals surface area contributed by atoms with Crippen LogP contribution in [0.1, 0.15) is 65.8 Å². The first-order valence-corrected chi connectivity index (χ1v) is 14.1. The molecule has 0 unspecified atom stereocenters. The predicted molar refractivity (Wildman–Crippen MR) is 136 cm³/mol. The predicted octanol–water partition coefficient (Wildman–Crippen LogP) is 1.92. The van der Waals surface area contributed by atoms with Crippen LogP contribution in [-0.4, -0.2) is 58.4 Å². The molecule has 0 saturated heterocycles. The maximum Gasteiger partial charge on any atom is 0.259 e. The van der Waals surface area contributed by atoms with Gasteiger partial charge in [0.15, 0.2) is 11.5 Å². The van der Waals surface area contributed by atoms with Gasteiger partial charge in [-0.3, -0.25) is 9.59 Å². The number of sulfonamides is 1. The largest absolute Gasteiger partial charge is 0.381 e. The first-order valence-electron chi connectivity index (χ1n) is 12.6. The normalized spacial score (nSPS) is 18.3. The van der Waals surface area contributed by atoms with Gasteiger partial charge in [-0.25, -0.2) is 22.6 Å². The van der Waals surface area contributed by atoms with Crippen molar-refractivity contribution in [1.82, 2.24) is 29.5 Å². The van der Waals surface area contributed by atoms with Crippen LogP contribution in [0.3, 0.4) is 0 Å². The molecule has 2 aromatic heterocycles. The van der Waals surface area contributed by atoms with Crippen LogP contribution in [0, 0.1) is 5.92 Å². The molecule has 2 saturated carbocycles. The molecule has 194 valence electrons. The second kappa shape index (κ2) is 8.52.